The summed E-state index contributed by atoms with van der Waals surface area (Å²) in [4.78, 5) is 14.3. The first-order valence-corrected chi connectivity index (χ1v) is 7.63. The third-order valence-corrected chi connectivity index (χ3v) is 4.37. The number of urea groups is 1. The molecule has 0 unspecified atom stereocenters. The van der Waals surface area contributed by atoms with E-state index in [4.69, 9.17) is 4.74 Å². The van der Waals surface area contributed by atoms with Gasteiger partial charge >= 0.3 is 6.03 Å². The molecule has 1 saturated carbocycles. The molecule has 3 rings (SSSR count). The van der Waals surface area contributed by atoms with Gasteiger partial charge in [-0.05, 0) is 31.9 Å². The van der Waals surface area contributed by atoms with E-state index in [0.29, 0.717) is 6.54 Å². The third-order valence-electron chi connectivity index (χ3n) is 4.37. The molecule has 0 spiro atoms. The van der Waals surface area contributed by atoms with E-state index in [1.807, 2.05) is 31.2 Å². The second kappa shape index (κ2) is 5.93. The number of aliphatic hydroxyl groups excluding tert-OH is 1. The van der Waals surface area contributed by atoms with Crippen molar-refractivity contribution >= 4 is 11.7 Å². The van der Waals surface area contributed by atoms with Crippen LogP contribution >= 0.6 is 0 Å². The Morgan fingerprint density at radius 1 is 1.43 bits per heavy atom. The van der Waals surface area contributed by atoms with Crippen molar-refractivity contribution in [1.29, 1.82) is 0 Å². The van der Waals surface area contributed by atoms with Crippen LogP contribution < -0.4 is 15.0 Å². The number of hydrogen-bond acceptors (Lipinski definition) is 3. The van der Waals surface area contributed by atoms with Gasteiger partial charge in [0.05, 0.1) is 12.2 Å². The summed E-state index contributed by atoms with van der Waals surface area (Å²) in [5.74, 6) is 0.930. The number of aliphatic hydroxyl groups is 1. The van der Waals surface area contributed by atoms with E-state index >= 15 is 0 Å². The second-order valence-corrected chi connectivity index (χ2v) is 5.94. The molecule has 1 aromatic carbocycles. The van der Waals surface area contributed by atoms with Gasteiger partial charge in [-0.25, -0.2) is 4.79 Å². The summed E-state index contributed by atoms with van der Waals surface area (Å²) in [5, 5.41) is 12.5. The van der Waals surface area contributed by atoms with Crippen molar-refractivity contribution in [2.75, 3.05) is 18.1 Å². The molecule has 5 heteroatoms. The molecule has 21 heavy (non-hydrogen) atoms. The number of hydrogen-bond donors (Lipinski definition) is 2. The number of nitrogens with zero attached hydrogens (tertiary/aromatic N) is 1. The Bertz CT molecular complexity index is 520. The van der Waals surface area contributed by atoms with Crippen LogP contribution in [0.5, 0.6) is 5.75 Å². The molecule has 0 aromatic heterocycles. The molecule has 1 fully saturated rings. The number of rotatable bonds is 2. The number of anilines is 1. The number of carbonyl (C=O) groups excluding carboxylic acids is 1. The number of carbonyl (C=O) groups is 1. The molecule has 0 saturated heterocycles. The molecule has 1 aliphatic heterocycles. The second-order valence-electron chi connectivity index (χ2n) is 5.94. The highest BCUT2D eigenvalue weighted by Crippen LogP contribution is 2.33. The SMILES string of the molecule is C[C@@H]1CN(C(=O)N[C@H]2CCC[C@@H]2CO)c2ccccc2O1. The molecule has 114 valence electrons. The fourth-order valence-corrected chi connectivity index (χ4v) is 3.26. The van der Waals surface area contributed by atoms with Crippen molar-refractivity contribution in [3.63, 3.8) is 0 Å². The minimum atomic E-state index is -0.0945. The van der Waals surface area contributed by atoms with Crippen LogP contribution in [0.2, 0.25) is 0 Å². The van der Waals surface area contributed by atoms with Crippen LogP contribution in [0, 0.1) is 5.92 Å². The Morgan fingerprint density at radius 2 is 2.24 bits per heavy atom. The van der Waals surface area contributed by atoms with E-state index in [1.165, 1.54) is 0 Å². The van der Waals surface area contributed by atoms with Gasteiger partial charge in [-0.3, -0.25) is 4.90 Å². The van der Waals surface area contributed by atoms with Gasteiger partial charge in [0.2, 0.25) is 0 Å². The molecule has 3 atom stereocenters. The minimum absolute atomic E-state index is 0.0251. The van der Waals surface area contributed by atoms with Gasteiger partial charge in [-0.15, -0.1) is 0 Å². The molecule has 0 radical (unpaired) electrons. The number of ether oxygens (including phenoxy) is 1. The summed E-state index contributed by atoms with van der Waals surface area (Å²) in [5.41, 5.74) is 0.812. The van der Waals surface area contributed by atoms with Gasteiger partial charge in [-0.1, -0.05) is 18.6 Å². The van der Waals surface area contributed by atoms with Gasteiger partial charge in [-0.2, -0.15) is 0 Å². The first-order chi connectivity index (χ1) is 10.2. The summed E-state index contributed by atoms with van der Waals surface area (Å²) in [7, 11) is 0. The normalized spacial score (nSPS) is 27.9. The Balaban J connectivity index is 1.75. The quantitative estimate of drug-likeness (QED) is 0.877. The average molecular weight is 290 g/mol. The van der Waals surface area contributed by atoms with Crippen molar-refractivity contribution in [1.82, 2.24) is 5.32 Å². The maximum atomic E-state index is 12.6. The lowest BCUT2D eigenvalue weighted by molar-refractivity contribution is 0.192. The molecular formula is C16H22N2O3. The molecule has 1 aromatic rings. The highest BCUT2D eigenvalue weighted by molar-refractivity contribution is 5.94. The number of benzene rings is 1. The van der Waals surface area contributed by atoms with Crippen LogP contribution in [-0.4, -0.2) is 36.4 Å². The lowest BCUT2D eigenvalue weighted by Gasteiger charge is -2.34. The summed E-state index contributed by atoms with van der Waals surface area (Å²) in [6.45, 7) is 2.64. The van der Waals surface area contributed by atoms with Crippen molar-refractivity contribution in [3.05, 3.63) is 24.3 Å². The Morgan fingerprint density at radius 3 is 3.05 bits per heavy atom. The predicted octanol–water partition coefficient (Wildman–Crippen LogP) is 2.14. The first-order valence-electron chi connectivity index (χ1n) is 7.63. The molecule has 0 bridgehead atoms. The summed E-state index contributed by atoms with van der Waals surface area (Å²) >= 11 is 0. The van der Waals surface area contributed by atoms with Crippen molar-refractivity contribution in [2.24, 2.45) is 5.92 Å². The molecule has 2 N–H and O–H groups in total. The topological polar surface area (TPSA) is 61.8 Å². The number of nitrogens with one attached hydrogen (secondary N) is 1. The average Bonchev–Trinajstić information content (AvgIpc) is 2.93. The van der Waals surface area contributed by atoms with Crippen LogP contribution in [0.25, 0.3) is 0 Å². The maximum absolute atomic E-state index is 12.6. The maximum Gasteiger partial charge on any atom is 0.322 e. The van der Waals surface area contributed by atoms with E-state index in [0.717, 1.165) is 30.7 Å². The smallest absolute Gasteiger partial charge is 0.322 e. The molecular weight excluding hydrogens is 268 g/mol. The predicted molar refractivity (Wildman–Crippen MR) is 80.6 cm³/mol. The van der Waals surface area contributed by atoms with E-state index in [9.17, 15) is 9.90 Å². The van der Waals surface area contributed by atoms with Gasteiger partial charge in [0, 0.05) is 18.6 Å². The Kier molecular flexibility index (Phi) is 4.01. The van der Waals surface area contributed by atoms with Gasteiger partial charge in [0.1, 0.15) is 11.9 Å². The van der Waals surface area contributed by atoms with Gasteiger partial charge in [0.15, 0.2) is 0 Å². The third kappa shape index (κ3) is 2.83. The fraction of sp³-hybridized carbons (Fsp3) is 0.562. The zero-order valence-corrected chi connectivity index (χ0v) is 12.3. The van der Waals surface area contributed by atoms with Gasteiger partial charge in [0.25, 0.3) is 0 Å². The lowest BCUT2D eigenvalue weighted by Crippen LogP contribution is -2.51. The van der Waals surface area contributed by atoms with E-state index in [-0.39, 0.29) is 30.7 Å². The number of fused-ring (bicyclic) bond motifs is 1. The highest BCUT2D eigenvalue weighted by Gasteiger charge is 2.32. The van der Waals surface area contributed by atoms with Gasteiger partial charge < -0.3 is 15.2 Å². The number of amides is 2. The summed E-state index contributed by atoms with van der Waals surface area (Å²) in [6, 6.07) is 7.59. The highest BCUT2D eigenvalue weighted by atomic mass is 16.5. The summed E-state index contributed by atoms with van der Waals surface area (Å²) in [6.07, 6.45) is 2.96. The van der Waals surface area contributed by atoms with E-state index in [1.54, 1.807) is 4.90 Å². The van der Waals surface area contributed by atoms with Crippen LogP contribution in [0.4, 0.5) is 10.5 Å². The molecule has 1 aliphatic carbocycles. The molecule has 1 heterocycles. The largest absolute Gasteiger partial charge is 0.487 e. The van der Waals surface area contributed by atoms with Crippen molar-refractivity contribution < 1.29 is 14.6 Å². The van der Waals surface area contributed by atoms with Crippen LogP contribution in [0.15, 0.2) is 24.3 Å². The van der Waals surface area contributed by atoms with Crippen molar-refractivity contribution in [2.45, 2.75) is 38.3 Å². The number of para-hydroxylation sites is 2. The lowest BCUT2D eigenvalue weighted by atomic mass is 10.1. The standard InChI is InChI=1S/C16H22N2O3/c1-11-9-18(14-7-2-3-8-15(14)21-11)16(20)17-13-6-4-5-12(13)10-19/h2-3,7-8,11-13,19H,4-6,9-10H2,1H3,(H,17,20)/t11-,12-,13+/m1/s1. The zero-order valence-electron chi connectivity index (χ0n) is 12.3. The van der Waals surface area contributed by atoms with Crippen LogP contribution in [0.3, 0.4) is 0 Å². The molecule has 2 amide bonds. The van der Waals surface area contributed by atoms with E-state index in [2.05, 4.69) is 5.32 Å². The zero-order chi connectivity index (χ0) is 14.8. The van der Waals surface area contributed by atoms with Crippen molar-refractivity contribution in [3.8, 4) is 5.75 Å². The van der Waals surface area contributed by atoms with Crippen LogP contribution in [0.1, 0.15) is 26.2 Å². The fourth-order valence-electron chi connectivity index (χ4n) is 3.26. The summed E-state index contributed by atoms with van der Waals surface area (Å²) < 4.78 is 5.76. The first kappa shape index (κ1) is 14.2. The Hall–Kier alpha value is -1.75. The molecule has 5 nitrogen and oxygen atoms in total. The van der Waals surface area contributed by atoms with E-state index < -0.39 is 0 Å². The monoisotopic (exact) mass is 290 g/mol. The molecule has 2 aliphatic rings. The van der Waals surface area contributed by atoms with Crippen LogP contribution in [-0.2, 0) is 0 Å². The Labute approximate surface area is 124 Å². The minimum Gasteiger partial charge on any atom is -0.487 e.